The minimum Gasteiger partial charge on any atom is -0.307 e. The van der Waals surface area contributed by atoms with Crippen LogP contribution in [0.2, 0.25) is 5.02 Å². The number of amides is 1. The number of carbonyl (C=O) groups is 1. The lowest BCUT2D eigenvalue weighted by atomic mass is 10.0. The van der Waals surface area contributed by atoms with Gasteiger partial charge in [0.1, 0.15) is 4.32 Å². The fourth-order valence-electron chi connectivity index (χ4n) is 2.30. The summed E-state index contributed by atoms with van der Waals surface area (Å²) in [5, 5.41) is 2.17. The lowest BCUT2D eigenvalue weighted by Crippen LogP contribution is -2.17. The molecule has 0 saturated carbocycles. The zero-order chi connectivity index (χ0) is 18.2. The van der Waals surface area contributed by atoms with Crippen LogP contribution in [0.3, 0.4) is 0 Å². The molecule has 8 heteroatoms. The van der Waals surface area contributed by atoms with Crippen LogP contribution >= 0.6 is 35.6 Å². The third-order valence-electron chi connectivity index (χ3n) is 3.43. The fraction of sp³-hybridized carbons (Fsp3) is 0.0588. The van der Waals surface area contributed by atoms with E-state index in [2.05, 4.69) is 5.32 Å². The molecule has 0 unspecified atom stereocenters. The molecule has 2 nitrogen and oxygen atoms in total. The van der Waals surface area contributed by atoms with Gasteiger partial charge < -0.3 is 5.32 Å². The van der Waals surface area contributed by atoms with Crippen molar-refractivity contribution in [2.45, 2.75) is 6.18 Å². The first kappa shape index (κ1) is 18.0. The van der Waals surface area contributed by atoms with Crippen molar-refractivity contribution in [2.24, 2.45) is 0 Å². The molecular formula is C17H9ClF3NOS2. The molecule has 1 aliphatic rings. The number of halogens is 4. The van der Waals surface area contributed by atoms with Crippen LogP contribution in [0.4, 0.5) is 13.2 Å². The molecule has 0 aromatic heterocycles. The number of hydrogen-bond acceptors (Lipinski definition) is 3. The van der Waals surface area contributed by atoms with Gasteiger partial charge in [-0.3, -0.25) is 4.79 Å². The van der Waals surface area contributed by atoms with E-state index in [9.17, 15) is 18.0 Å². The Kier molecular flexibility index (Phi) is 4.90. The molecule has 1 heterocycles. The summed E-state index contributed by atoms with van der Waals surface area (Å²) in [5.74, 6) is -0.266. The van der Waals surface area contributed by atoms with E-state index >= 15 is 0 Å². The lowest BCUT2D eigenvalue weighted by Gasteiger charge is -2.11. The van der Waals surface area contributed by atoms with Crippen LogP contribution in [-0.2, 0) is 11.0 Å². The van der Waals surface area contributed by atoms with Crippen molar-refractivity contribution < 1.29 is 18.0 Å². The highest BCUT2D eigenvalue weighted by Gasteiger charge is 2.33. The predicted octanol–water partition coefficient (Wildman–Crippen LogP) is 5.51. The minimum absolute atomic E-state index is 0.266. The molecule has 0 spiro atoms. The highest BCUT2D eigenvalue weighted by Crippen LogP contribution is 2.37. The largest absolute Gasteiger partial charge is 0.417 e. The van der Waals surface area contributed by atoms with E-state index in [1.54, 1.807) is 30.3 Å². The molecule has 1 aliphatic heterocycles. The summed E-state index contributed by atoms with van der Waals surface area (Å²) in [6, 6.07) is 10.7. The molecule has 25 heavy (non-hydrogen) atoms. The van der Waals surface area contributed by atoms with Gasteiger partial charge in [0.15, 0.2) is 0 Å². The van der Waals surface area contributed by atoms with Gasteiger partial charge in [-0.2, -0.15) is 13.2 Å². The number of thiocarbonyl (C=S) groups is 1. The smallest absolute Gasteiger partial charge is 0.307 e. The number of alkyl halides is 3. The molecule has 1 amide bonds. The number of thioether (sulfide) groups is 1. The third-order valence-corrected chi connectivity index (χ3v) is 4.91. The lowest BCUT2D eigenvalue weighted by molar-refractivity contribution is -0.137. The van der Waals surface area contributed by atoms with Crippen molar-refractivity contribution in [3.05, 3.63) is 63.5 Å². The maximum absolute atomic E-state index is 12.8. The molecule has 1 saturated heterocycles. The Morgan fingerprint density at radius 3 is 2.44 bits per heavy atom. The van der Waals surface area contributed by atoms with Gasteiger partial charge in [0.05, 0.1) is 15.5 Å². The van der Waals surface area contributed by atoms with Crippen molar-refractivity contribution in [3.8, 4) is 11.1 Å². The molecule has 1 fully saturated rings. The summed E-state index contributed by atoms with van der Waals surface area (Å²) in [7, 11) is 0. The quantitative estimate of drug-likeness (QED) is 0.533. The average Bonchev–Trinajstić information content (AvgIpc) is 2.84. The molecule has 3 rings (SSSR count). The van der Waals surface area contributed by atoms with Crippen molar-refractivity contribution >= 4 is 51.9 Å². The third kappa shape index (κ3) is 4.05. The second kappa shape index (κ2) is 6.82. The fourth-order valence-corrected chi connectivity index (χ4v) is 3.64. The number of rotatable bonds is 2. The summed E-state index contributed by atoms with van der Waals surface area (Å²) in [6.45, 7) is 0. The molecule has 0 bridgehead atoms. The summed E-state index contributed by atoms with van der Waals surface area (Å²) < 4.78 is 38.8. The van der Waals surface area contributed by atoms with Crippen molar-refractivity contribution in [2.75, 3.05) is 0 Å². The van der Waals surface area contributed by atoms with E-state index in [4.69, 9.17) is 23.8 Å². The highest BCUT2D eigenvalue weighted by atomic mass is 35.5. The first-order valence-corrected chi connectivity index (χ1v) is 8.56. The van der Waals surface area contributed by atoms with Crippen molar-refractivity contribution in [1.82, 2.24) is 5.32 Å². The van der Waals surface area contributed by atoms with Crippen LogP contribution in [0.15, 0.2) is 47.4 Å². The SMILES string of the molecule is O=C1NC(=S)S/C1=C\c1cccc(-c2ccc(C(F)(F)F)c(Cl)c2)c1. The monoisotopic (exact) mass is 399 g/mol. The van der Waals surface area contributed by atoms with Crippen LogP contribution in [-0.4, -0.2) is 10.2 Å². The number of hydrogen-bond donors (Lipinski definition) is 1. The molecule has 2 aromatic carbocycles. The molecule has 0 atom stereocenters. The van der Waals surface area contributed by atoms with E-state index in [0.29, 0.717) is 20.4 Å². The van der Waals surface area contributed by atoms with E-state index < -0.39 is 11.7 Å². The molecule has 1 N–H and O–H groups in total. The second-order valence-electron chi connectivity index (χ2n) is 5.17. The Morgan fingerprint density at radius 2 is 1.84 bits per heavy atom. The van der Waals surface area contributed by atoms with E-state index in [1.165, 1.54) is 12.1 Å². The Morgan fingerprint density at radius 1 is 1.12 bits per heavy atom. The predicted molar refractivity (Wildman–Crippen MR) is 98.2 cm³/mol. The van der Waals surface area contributed by atoms with E-state index in [1.807, 2.05) is 0 Å². The summed E-state index contributed by atoms with van der Waals surface area (Å²) in [6.07, 6.45) is -2.82. The van der Waals surface area contributed by atoms with Gasteiger partial charge in [-0.15, -0.1) is 0 Å². The maximum Gasteiger partial charge on any atom is 0.417 e. The minimum atomic E-state index is -4.49. The standard InChI is InChI=1S/C17H9ClF3NOS2/c18-13-8-11(4-5-12(13)17(19,20)21)10-3-1-2-9(6-10)7-14-15(23)22-16(24)25-14/h1-8H,(H,22,23,24)/b14-7-. The van der Waals surface area contributed by atoms with E-state index in [0.717, 1.165) is 23.4 Å². The van der Waals surface area contributed by atoms with E-state index in [-0.39, 0.29) is 10.9 Å². The van der Waals surface area contributed by atoms with Gasteiger partial charge in [-0.05, 0) is 41.0 Å². The van der Waals surface area contributed by atoms with Crippen LogP contribution in [0.25, 0.3) is 17.2 Å². The normalized spacial score (nSPS) is 16.4. The van der Waals surface area contributed by atoms with Gasteiger partial charge in [-0.1, -0.05) is 59.8 Å². The molecule has 0 aliphatic carbocycles. The Labute approximate surface area is 156 Å². The Bertz CT molecular complexity index is 909. The number of nitrogens with one attached hydrogen (secondary N) is 1. The van der Waals surface area contributed by atoms with Gasteiger partial charge in [0.25, 0.3) is 5.91 Å². The average molecular weight is 400 g/mol. The van der Waals surface area contributed by atoms with Gasteiger partial charge in [0.2, 0.25) is 0 Å². The van der Waals surface area contributed by atoms with Crippen LogP contribution in [0.5, 0.6) is 0 Å². The van der Waals surface area contributed by atoms with Gasteiger partial charge in [0, 0.05) is 0 Å². The van der Waals surface area contributed by atoms with Gasteiger partial charge in [-0.25, -0.2) is 0 Å². The zero-order valence-corrected chi connectivity index (χ0v) is 14.7. The second-order valence-corrected chi connectivity index (χ2v) is 7.30. The first-order valence-electron chi connectivity index (χ1n) is 6.96. The number of carbonyl (C=O) groups excluding carboxylic acids is 1. The van der Waals surface area contributed by atoms with Crippen LogP contribution in [0.1, 0.15) is 11.1 Å². The molecule has 2 aromatic rings. The molecule has 128 valence electrons. The summed E-state index contributed by atoms with van der Waals surface area (Å²) >= 11 is 11.9. The first-order chi connectivity index (χ1) is 11.7. The van der Waals surface area contributed by atoms with Crippen molar-refractivity contribution in [3.63, 3.8) is 0 Å². The van der Waals surface area contributed by atoms with Crippen LogP contribution < -0.4 is 5.32 Å². The van der Waals surface area contributed by atoms with Crippen molar-refractivity contribution in [1.29, 1.82) is 0 Å². The van der Waals surface area contributed by atoms with Gasteiger partial charge >= 0.3 is 6.18 Å². The molecule has 0 radical (unpaired) electrons. The maximum atomic E-state index is 12.8. The summed E-state index contributed by atoms with van der Waals surface area (Å²) in [4.78, 5) is 12.2. The zero-order valence-electron chi connectivity index (χ0n) is 12.4. The topological polar surface area (TPSA) is 29.1 Å². The Balaban J connectivity index is 1.95. The Hall–Kier alpha value is -1.83. The summed E-state index contributed by atoms with van der Waals surface area (Å²) in [5.41, 5.74) is 1.10. The number of benzene rings is 2. The molecular weight excluding hydrogens is 391 g/mol. The highest BCUT2D eigenvalue weighted by molar-refractivity contribution is 8.26. The van der Waals surface area contributed by atoms with Crippen LogP contribution in [0, 0.1) is 0 Å².